The smallest absolute Gasteiger partial charge is 0.407 e. The summed E-state index contributed by atoms with van der Waals surface area (Å²) in [5.74, 6) is 5.97. The minimum Gasteiger partial charge on any atom is -0.444 e. The number of hydrogen-bond acceptors (Lipinski definition) is 3. The van der Waals surface area contributed by atoms with E-state index in [0.717, 1.165) is 11.3 Å². The number of amides is 1. The number of alkyl carbamates (subject to hydrolysis) is 1. The van der Waals surface area contributed by atoms with Crippen molar-refractivity contribution in [3.63, 3.8) is 0 Å². The summed E-state index contributed by atoms with van der Waals surface area (Å²) in [6.45, 7) is 7.90. The zero-order chi connectivity index (χ0) is 14.3. The van der Waals surface area contributed by atoms with Gasteiger partial charge in [0.15, 0.2) is 0 Å². The highest BCUT2D eigenvalue weighted by molar-refractivity contribution is 5.67. The maximum Gasteiger partial charge on any atom is 0.407 e. The highest BCUT2D eigenvalue weighted by Gasteiger charge is 2.15. The van der Waals surface area contributed by atoms with E-state index < -0.39 is 11.7 Å². The second-order valence-electron chi connectivity index (χ2n) is 5.17. The van der Waals surface area contributed by atoms with Gasteiger partial charge in [-0.1, -0.05) is 11.8 Å². The summed E-state index contributed by atoms with van der Waals surface area (Å²) in [4.78, 5) is 15.5. The number of carbonyl (C=O) groups excluding carboxylic acids is 1. The fourth-order valence-corrected chi connectivity index (χ4v) is 1.25. The molecule has 0 atom stereocenters. The fourth-order valence-electron chi connectivity index (χ4n) is 1.25. The van der Waals surface area contributed by atoms with Crippen molar-refractivity contribution in [2.24, 2.45) is 0 Å². The Labute approximate surface area is 114 Å². The zero-order valence-corrected chi connectivity index (χ0v) is 11.9. The van der Waals surface area contributed by atoms with Crippen molar-refractivity contribution in [1.82, 2.24) is 10.3 Å². The lowest BCUT2D eigenvalue weighted by Gasteiger charge is -2.19. The first kappa shape index (κ1) is 15.0. The third-order valence-electron chi connectivity index (χ3n) is 2.06. The monoisotopic (exact) mass is 260 g/mol. The van der Waals surface area contributed by atoms with Gasteiger partial charge >= 0.3 is 6.09 Å². The van der Waals surface area contributed by atoms with Gasteiger partial charge in [0.25, 0.3) is 0 Å². The van der Waals surface area contributed by atoms with Crippen molar-refractivity contribution in [3.05, 3.63) is 29.6 Å². The van der Waals surface area contributed by atoms with Gasteiger partial charge in [0.1, 0.15) is 5.60 Å². The molecule has 1 aromatic heterocycles. The number of pyridine rings is 1. The highest BCUT2D eigenvalue weighted by atomic mass is 16.6. The first-order valence-corrected chi connectivity index (χ1v) is 6.25. The van der Waals surface area contributed by atoms with Crippen LogP contribution >= 0.6 is 0 Å². The molecule has 4 nitrogen and oxygen atoms in total. The second-order valence-corrected chi connectivity index (χ2v) is 5.17. The lowest BCUT2D eigenvalue weighted by atomic mass is 10.2. The number of ether oxygens (including phenoxy) is 1. The SMILES string of the molecule is Cc1ccc(C#CCCNC(=O)OC(C)(C)C)cn1. The third-order valence-corrected chi connectivity index (χ3v) is 2.06. The van der Waals surface area contributed by atoms with Crippen LogP contribution in [-0.4, -0.2) is 23.2 Å². The van der Waals surface area contributed by atoms with Crippen LogP contribution in [0.3, 0.4) is 0 Å². The number of nitrogens with one attached hydrogen (secondary N) is 1. The molecule has 1 heterocycles. The molecule has 1 N–H and O–H groups in total. The summed E-state index contributed by atoms with van der Waals surface area (Å²) in [7, 11) is 0. The van der Waals surface area contributed by atoms with Crippen molar-refractivity contribution in [1.29, 1.82) is 0 Å². The molecule has 0 fully saturated rings. The molecule has 1 amide bonds. The molecule has 1 aromatic rings. The van der Waals surface area contributed by atoms with E-state index in [4.69, 9.17) is 4.74 Å². The van der Waals surface area contributed by atoms with Crippen molar-refractivity contribution in [2.45, 2.75) is 39.7 Å². The molecule has 0 aliphatic heterocycles. The first-order chi connectivity index (χ1) is 8.87. The predicted molar refractivity (Wildman–Crippen MR) is 74.7 cm³/mol. The molecular formula is C15H20N2O2. The van der Waals surface area contributed by atoms with Crippen LogP contribution in [0.2, 0.25) is 0 Å². The number of carbonyl (C=O) groups is 1. The van der Waals surface area contributed by atoms with Gasteiger partial charge in [-0.25, -0.2) is 4.79 Å². The van der Waals surface area contributed by atoms with E-state index in [2.05, 4.69) is 22.1 Å². The molecule has 102 valence electrons. The topological polar surface area (TPSA) is 51.2 Å². The third kappa shape index (κ3) is 7.10. The number of aryl methyl sites for hydroxylation is 1. The van der Waals surface area contributed by atoms with Crippen LogP contribution < -0.4 is 5.32 Å². The molecule has 0 aromatic carbocycles. The Morgan fingerprint density at radius 2 is 2.16 bits per heavy atom. The maximum atomic E-state index is 11.3. The number of hydrogen-bond donors (Lipinski definition) is 1. The Morgan fingerprint density at radius 3 is 2.74 bits per heavy atom. The summed E-state index contributed by atoms with van der Waals surface area (Å²) in [6.07, 6.45) is 1.91. The van der Waals surface area contributed by atoms with Crippen LogP contribution in [0.5, 0.6) is 0 Å². The Morgan fingerprint density at radius 1 is 1.42 bits per heavy atom. The van der Waals surface area contributed by atoms with Gasteiger partial charge in [0.2, 0.25) is 0 Å². The van der Waals surface area contributed by atoms with E-state index in [1.807, 2.05) is 39.8 Å². The Kier molecular flexibility index (Phi) is 5.37. The van der Waals surface area contributed by atoms with Crippen LogP contribution in [0.4, 0.5) is 4.79 Å². The molecule has 0 aliphatic carbocycles. The standard InChI is InChI=1S/C15H20N2O2/c1-12-8-9-13(11-17-12)7-5-6-10-16-14(18)19-15(2,3)4/h8-9,11H,6,10H2,1-4H3,(H,16,18). The molecule has 0 saturated heterocycles. The van der Waals surface area contributed by atoms with Gasteiger partial charge in [-0.15, -0.1) is 0 Å². The molecule has 0 unspecified atom stereocenters. The highest BCUT2D eigenvalue weighted by Crippen LogP contribution is 2.06. The molecule has 0 bridgehead atoms. The molecule has 0 saturated carbocycles. The molecule has 19 heavy (non-hydrogen) atoms. The summed E-state index contributed by atoms with van der Waals surface area (Å²) in [5, 5.41) is 2.66. The zero-order valence-electron chi connectivity index (χ0n) is 11.9. The molecule has 0 spiro atoms. The number of nitrogens with zero attached hydrogens (tertiary/aromatic N) is 1. The van der Waals surface area contributed by atoms with Crippen molar-refractivity contribution < 1.29 is 9.53 Å². The van der Waals surface area contributed by atoms with Crippen LogP contribution in [0.15, 0.2) is 18.3 Å². The summed E-state index contributed by atoms with van der Waals surface area (Å²) >= 11 is 0. The van der Waals surface area contributed by atoms with Crippen molar-refractivity contribution in [3.8, 4) is 11.8 Å². The van der Waals surface area contributed by atoms with E-state index in [1.54, 1.807) is 6.20 Å². The van der Waals surface area contributed by atoms with Gasteiger partial charge in [-0.05, 0) is 39.8 Å². The van der Waals surface area contributed by atoms with Gasteiger partial charge < -0.3 is 10.1 Å². The van der Waals surface area contributed by atoms with Crippen LogP contribution in [0, 0.1) is 18.8 Å². The fraction of sp³-hybridized carbons (Fsp3) is 0.467. The van der Waals surface area contributed by atoms with Crippen molar-refractivity contribution >= 4 is 6.09 Å². The first-order valence-electron chi connectivity index (χ1n) is 6.25. The maximum absolute atomic E-state index is 11.3. The summed E-state index contributed by atoms with van der Waals surface area (Å²) in [6, 6.07) is 3.85. The largest absolute Gasteiger partial charge is 0.444 e. The van der Waals surface area contributed by atoms with Gasteiger partial charge in [-0.3, -0.25) is 4.98 Å². The molecule has 0 radical (unpaired) electrons. The van der Waals surface area contributed by atoms with Gasteiger partial charge in [0.05, 0.1) is 0 Å². The van der Waals surface area contributed by atoms with E-state index >= 15 is 0 Å². The minimum atomic E-state index is -0.469. The van der Waals surface area contributed by atoms with Crippen molar-refractivity contribution in [2.75, 3.05) is 6.54 Å². The van der Waals surface area contributed by atoms with Gasteiger partial charge in [0, 0.05) is 30.4 Å². The van der Waals surface area contributed by atoms with Gasteiger partial charge in [-0.2, -0.15) is 0 Å². The molecular weight excluding hydrogens is 240 g/mol. The Hall–Kier alpha value is -2.02. The van der Waals surface area contributed by atoms with E-state index in [-0.39, 0.29) is 0 Å². The number of rotatable bonds is 2. The van der Waals surface area contributed by atoms with E-state index in [9.17, 15) is 4.79 Å². The van der Waals surface area contributed by atoms with Crippen LogP contribution in [0.25, 0.3) is 0 Å². The molecule has 4 heteroatoms. The van der Waals surface area contributed by atoms with Crippen LogP contribution in [0.1, 0.15) is 38.4 Å². The summed E-state index contributed by atoms with van der Waals surface area (Å²) < 4.78 is 5.11. The normalized spacial score (nSPS) is 10.3. The quantitative estimate of drug-likeness (QED) is 0.657. The lowest BCUT2D eigenvalue weighted by Crippen LogP contribution is -2.32. The Balaban J connectivity index is 2.28. The molecule has 0 aliphatic rings. The average Bonchev–Trinajstić information content (AvgIpc) is 2.29. The minimum absolute atomic E-state index is 0.411. The van der Waals surface area contributed by atoms with E-state index in [1.165, 1.54) is 0 Å². The lowest BCUT2D eigenvalue weighted by molar-refractivity contribution is 0.0529. The number of aromatic nitrogens is 1. The average molecular weight is 260 g/mol. The van der Waals surface area contributed by atoms with E-state index in [0.29, 0.717) is 13.0 Å². The second kappa shape index (κ2) is 6.79. The summed E-state index contributed by atoms with van der Waals surface area (Å²) in [5.41, 5.74) is 1.38. The molecule has 1 rings (SSSR count). The van der Waals surface area contributed by atoms with Crippen LogP contribution in [-0.2, 0) is 4.74 Å². The predicted octanol–water partition coefficient (Wildman–Crippen LogP) is 2.66. The Bertz CT molecular complexity index is 476.